The summed E-state index contributed by atoms with van der Waals surface area (Å²) in [6.45, 7) is 0. The monoisotopic (exact) mass is 231 g/mol. The summed E-state index contributed by atoms with van der Waals surface area (Å²) in [5, 5.41) is 16.9. The molecule has 5 nitrogen and oxygen atoms in total. The Morgan fingerprint density at radius 2 is 1.46 bits per heavy atom. The first-order valence-electron chi connectivity index (χ1n) is 3.05. The van der Waals surface area contributed by atoms with Crippen LogP contribution in [0.5, 0.6) is 0 Å². The average Bonchev–Trinajstić information content (AvgIpc) is 2.04. The number of nitrogens with zero attached hydrogens (tertiary/aromatic N) is 1. The van der Waals surface area contributed by atoms with Crippen molar-refractivity contribution >= 4 is 11.9 Å². The van der Waals surface area contributed by atoms with Crippen molar-refractivity contribution in [2.24, 2.45) is 0 Å². The molecule has 1 aromatic rings. The summed E-state index contributed by atoms with van der Waals surface area (Å²) in [4.78, 5) is 24.0. The largest absolute Gasteiger partial charge is 0.477 e. The third-order valence-corrected chi connectivity index (χ3v) is 1.19. The quantitative estimate of drug-likeness (QED) is 0.724. The van der Waals surface area contributed by atoms with E-state index in [2.05, 4.69) is 4.98 Å². The van der Waals surface area contributed by atoms with Crippen LogP contribution in [0.15, 0.2) is 18.2 Å². The van der Waals surface area contributed by atoms with Crippen LogP contribution in [0.3, 0.4) is 0 Å². The van der Waals surface area contributed by atoms with Crippen molar-refractivity contribution < 1.29 is 39.3 Å². The number of carboxylic acids is 2. The van der Waals surface area contributed by atoms with E-state index in [0.29, 0.717) is 0 Å². The Kier molecular flexibility index (Phi) is 4.21. The minimum atomic E-state index is -1.24. The standard InChI is InChI=1S/C7H5NO4.Zn/c9-6(10)4-2-1-3-5(8-4)7(11)12;/h1-3H,(H,9,10)(H,11,12);. The van der Waals surface area contributed by atoms with Crippen LogP contribution in [0.4, 0.5) is 0 Å². The summed E-state index contributed by atoms with van der Waals surface area (Å²) in [5.41, 5.74) is -0.537. The first-order chi connectivity index (χ1) is 5.61. The van der Waals surface area contributed by atoms with E-state index in [4.69, 9.17) is 10.2 Å². The van der Waals surface area contributed by atoms with E-state index in [9.17, 15) is 9.59 Å². The molecule has 0 amide bonds. The topological polar surface area (TPSA) is 87.5 Å². The molecular formula is C7H5NO4Zn. The fourth-order valence-electron chi connectivity index (χ4n) is 0.673. The predicted octanol–water partition coefficient (Wildman–Crippen LogP) is 0.475. The fourth-order valence-corrected chi connectivity index (χ4v) is 0.673. The molecule has 0 spiro atoms. The Morgan fingerprint density at radius 3 is 1.77 bits per heavy atom. The Morgan fingerprint density at radius 1 is 1.08 bits per heavy atom. The predicted molar refractivity (Wildman–Crippen MR) is 38.2 cm³/mol. The molecule has 0 saturated heterocycles. The fraction of sp³-hybridized carbons (Fsp3) is 0. The van der Waals surface area contributed by atoms with Crippen molar-refractivity contribution in [2.45, 2.75) is 0 Å². The number of aromatic carboxylic acids is 2. The van der Waals surface area contributed by atoms with Crippen molar-refractivity contribution in [3.05, 3.63) is 29.6 Å². The number of hydrogen-bond acceptors (Lipinski definition) is 3. The smallest absolute Gasteiger partial charge is 0.354 e. The van der Waals surface area contributed by atoms with Crippen molar-refractivity contribution in [1.82, 2.24) is 4.98 Å². The molecule has 64 valence electrons. The van der Waals surface area contributed by atoms with Gasteiger partial charge in [-0.25, -0.2) is 14.6 Å². The van der Waals surface area contributed by atoms with E-state index < -0.39 is 11.9 Å². The summed E-state index contributed by atoms with van der Waals surface area (Å²) in [7, 11) is 0. The van der Waals surface area contributed by atoms with Gasteiger partial charge in [0.1, 0.15) is 11.4 Å². The molecule has 1 rings (SSSR count). The van der Waals surface area contributed by atoms with Gasteiger partial charge in [0, 0.05) is 19.5 Å². The molecule has 0 aliphatic rings. The first kappa shape index (κ1) is 11.7. The minimum absolute atomic E-state index is 0. The molecule has 0 radical (unpaired) electrons. The molecule has 0 aromatic carbocycles. The van der Waals surface area contributed by atoms with Gasteiger partial charge in [0.25, 0.3) is 0 Å². The van der Waals surface area contributed by atoms with E-state index in [-0.39, 0.29) is 30.9 Å². The first-order valence-corrected chi connectivity index (χ1v) is 3.05. The molecule has 0 bridgehead atoms. The molecule has 0 aliphatic heterocycles. The molecular weight excluding hydrogens is 227 g/mol. The number of hydrogen-bond donors (Lipinski definition) is 2. The van der Waals surface area contributed by atoms with Crippen LogP contribution < -0.4 is 0 Å². The summed E-state index contributed by atoms with van der Waals surface area (Å²) >= 11 is 0. The molecule has 0 unspecified atom stereocenters. The van der Waals surface area contributed by atoms with E-state index in [1.165, 1.54) is 18.2 Å². The maximum Gasteiger partial charge on any atom is 0.354 e. The third-order valence-electron chi connectivity index (χ3n) is 1.19. The number of aromatic nitrogens is 1. The number of carboxylic acid groups (broad SMARTS) is 2. The molecule has 2 N–H and O–H groups in total. The van der Waals surface area contributed by atoms with Crippen molar-refractivity contribution in [3.8, 4) is 0 Å². The van der Waals surface area contributed by atoms with Gasteiger partial charge in [-0.15, -0.1) is 0 Å². The van der Waals surface area contributed by atoms with E-state index in [1.54, 1.807) is 0 Å². The van der Waals surface area contributed by atoms with Gasteiger partial charge in [0.15, 0.2) is 0 Å². The van der Waals surface area contributed by atoms with Gasteiger partial charge in [0.05, 0.1) is 0 Å². The Labute approximate surface area is 86.2 Å². The second-order valence-electron chi connectivity index (χ2n) is 2.02. The van der Waals surface area contributed by atoms with Gasteiger partial charge in [-0.1, -0.05) is 6.07 Å². The minimum Gasteiger partial charge on any atom is -0.477 e. The zero-order chi connectivity index (χ0) is 9.14. The molecule has 6 heteroatoms. The zero-order valence-electron chi connectivity index (χ0n) is 6.60. The molecule has 1 heterocycles. The molecule has 0 aliphatic carbocycles. The van der Waals surface area contributed by atoms with E-state index in [1.807, 2.05) is 0 Å². The van der Waals surface area contributed by atoms with Crippen molar-refractivity contribution in [2.75, 3.05) is 0 Å². The van der Waals surface area contributed by atoms with Gasteiger partial charge in [-0.2, -0.15) is 0 Å². The second kappa shape index (κ2) is 4.67. The van der Waals surface area contributed by atoms with Crippen LogP contribution in [0.2, 0.25) is 0 Å². The summed E-state index contributed by atoms with van der Waals surface area (Å²) in [6, 6.07) is 3.80. The second-order valence-corrected chi connectivity index (χ2v) is 2.02. The maximum absolute atomic E-state index is 10.3. The van der Waals surface area contributed by atoms with Gasteiger partial charge < -0.3 is 10.2 Å². The van der Waals surface area contributed by atoms with Crippen molar-refractivity contribution in [3.63, 3.8) is 0 Å². The summed E-state index contributed by atoms with van der Waals surface area (Å²) in [6.07, 6.45) is 0. The van der Waals surface area contributed by atoms with Crippen molar-refractivity contribution in [1.29, 1.82) is 0 Å². The Hall–Kier alpha value is -1.29. The van der Waals surface area contributed by atoms with Crippen LogP contribution >= 0.6 is 0 Å². The molecule has 1 aromatic heterocycles. The normalized spacial score (nSPS) is 8.62. The number of rotatable bonds is 2. The van der Waals surface area contributed by atoms with Gasteiger partial charge in [0.2, 0.25) is 0 Å². The number of carbonyl (C=O) groups is 2. The van der Waals surface area contributed by atoms with Crippen LogP contribution in [-0.4, -0.2) is 27.1 Å². The van der Waals surface area contributed by atoms with Gasteiger partial charge in [-0.05, 0) is 12.1 Å². The summed E-state index contributed by atoms with van der Waals surface area (Å²) < 4.78 is 0. The molecule has 13 heavy (non-hydrogen) atoms. The summed E-state index contributed by atoms with van der Waals surface area (Å²) in [5.74, 6) is -2.48. The molecule has 0 fully saturated rings. The van der Waals surface area contributed by atoms with Crippen LogP contribution in [0, 0.1) is 0 Å². The van der Waals surface area contributed by atoms with Crippen LogP contribution in [-0.2, 0) is 19.5 Å². The van der Waals surface area contributed by atoms with Crippen LogP contribution in [0.25, 0.3) is 0 Å². The Balaban J connectivity index is 0.00000144. The maximum atomic E-state index is 10.3. The zero-order valence-corrected chi connectivity index (χ0v) is 9.56. The third kappa shape index (κ3) is 2.91. The number of pyridine rings is 1. The van der Waals surface area contributed by atoms with E-state index in [0.717, 1.165) is 0 Å². The SMILES string of the molecule is O=C(O)c1cccc(C(=O)O)n1.[Zn]. The van der Waals surface area contributed by atoms with Gasteiger partial charge in [-0.3, -0.25) is 0 Å². The average molecular weight is 233 g/mol. The van der Waals surface area contributed by atoms with Gasteiger partial charge >= 0.3 is 11.9 Å². The molecule has 0 saturated carbocycles. The van der Waals surface area contributed by atoms with Crippen LogP contribution in [0.1, 0.15) is 21.0 Å². The Bertz CT molecular complexity index is 310. The molecule has 0 atom stereocenters. The van der Waals surface area contributed by atoms with E-state index >= 15 is 0 Å².